The molecule has 0 amide bonds. The van der Waals surface area contributed by atoms with Gasteiger partial charge < -0.3 is 9.64 Å². The number of methoxy groups -OCH3 is 1. The van der Waals surface area contributed by atoms with Crippen molar-refractivity contribution in [2.75, 3.05) is 19.1 Å². The number of hydrogen-bond acceptors (Lipinski definition) is 2. The Morgan fingerprint density at radius 1 is 1.29 bits per heavy atom. The minimum absolute atomic E-state index is 0.421. The first-order valence-corrected chi connectivity index (χ1v) is 6.19. The van der Waals surface area contributed by atoms with Gasteiger partial charge in [-0.3, -0.25) is 5.41 Å². The van der Waals surface area contributed by atoms with Gasteiger partial charge in [0.2, 0.25) is 0 Å². The SMILES string of the molecule is COc1ccccc1N(C)C(=N)C1CCCC1. The Hall–Kier alpha value is -1.51. The Bertz CT molecular complexity index is 397. The Kier molecular flexibility index (Phi) is 3.67. The number of benzene rings is 1. The third kappa shape index (κ3) is 2.43. The van der Waals surface area contributed by atoms with E-state index in [4.69, 9.17) is 10.1 Å². The molecule has 1 aliphatic carbocycles. The van der Waals surface area contributed by atoms with Crippen LogP contribution in [-0.4, -0.2) is 20.0 Å². The van der Waals surface area contributed by atoms with Crippen molar-refractivity contribution in [2.24, 2.45) is 5.92 Å². The number of nitrogens with one attached hydrogen (secondary N) is 1. The smallest absolute Gasteiger partial charge is 0.142 e. The molecule has 3 heteroatoms. The summed E-state index contributed by atoms with van der Waals surface area (Å²) in [6.45, 7) is 0. The molecular formula is C14H20N2O. The standard InChI is InChI=1S/C14H20N2O/c1-16(14(15)11-7-3-4-8-11)12-9-5-6-10-13(12)17-2/h5-6,9-11,15H,3-4,7-8H2,1-2H3. The molecule has 17 heavy (non-hydrogen) atoms. The van der Waals surface area contributed by atoms with Crippen LogP contribution in [0.2, 0.25) is 0 Å². The van der Waals surface area contributed by atoms with Crippen molar-refractivity contribution in [1.82, 2.24) is 0 Å². The fourth-order valence-electron chi connectivity index (χ4n) is 2.51. The second-order valence-electron chi connectivity index (χ2n) is 4.60. The monoisotopic (exact) mass is 232 g/mol. The van der Waals surface area contributed by atoms with Crippen LogP contribution in [-0.2, 0) is 0 Å². The van der Waals surface area contributed by atoms with Crippen LogP contribution in [0.3, 0.4) is 0 Å². The molecule has 1 fully saturated rings. The molecule has 0 aromatic heterocycles. The van der Waals surface area contributed by atoms with E-state index in [0.29, 0.717) is 11.8 Å². The van der Waals surface area contributed by atoms with E-state index in [1.807, 2.05) is 36.2 Å². The van der Waals surface area contributed by atoms with Gasteiger partial charge in [0.1, 0.15) is 11.6 Å². The summed E-state index contributed by atoms with van der Waals surface area (Å²) in [5.41, 5.74) is 0.979. The van der Waals surface area contributed by atoms with Gasteiger partial charge in [-0.15, -0.1) is 0 Å². The lowest BCUT2D eigenvalue weighted by molar-refractivity contribution is 0.415. The maximum absolute atomic E-state index is 8.27. The highest BCUT2D eigenvalue weighted by atomic mass is 16.5. The topological polar surface area (TPSA) is 36.3 Å². The molecule has 0 aliphatic heterocycles. The Morgan fingerprint density at radius 2 is 1.94 bits per heavy atom. The molecule has 0 heterocycles. The van der Waals surface area contributed by atoms with E-state index in [0.717, 1.165) is 24.3 Å². The van der Waals surface area contributed by atoms with Gasteiger partial charge in [0, 0.05) is 13.0 Å². The van der Waals surface area contributed by atoms with Crippen molar-refractivity contribution < 1.29 is 4.74 Å². The summed E-state index contributed by atoms with van der Waals surface area (Å²) < 4.78 is 5.34. The molecule has 0 atom stereocenters. The van der Waals surface area contributed by atoms with Crippen molar-refractivity contribution in [3.63, 3.8) is 0 Å². The molecular weight excluding hydrogens is 212 g/mol. The Labute approximate surface area is 103 Å². The second-order valence-corrected chi connectivity index (χ2v) is 4.60. The summed E-state index contributed by atoms with van der Waals surface area (Å²) in [5.74, 6) is 1.97. The summed E-state index contributed by atoms with van der Waals surface area (Å²) in [6.07, 6.45) is 4.82. The predicted octanol–water partition coefficient (Wildman–Crippen LogP) is 3.30. The lowest BCUT2D eigenvalue weighted by Gasteiger charge is -2.25. The number of anilines is 1. The fourth-order valence-corrected chi connectivity index (χ4v) is 2.51. The van der Waals surface area contributed by atoms with Gasteiger partial charge in [0.25, 0.3) is 0 Å². The van der Waals surface area contributed by atoms with E-state index in [-0.39, 0.29) is 0 Å². The van der Waals surface area contributed by atoms with Gasteiger partial charge in [-0.05, 0) is 25.0 Å². The minimum Gasteiger partial charge on any atom is -0.495 e. The van der Waals surface area contributed by atoms with E-state index < -0.39 is 0 Å². The largest absolute Gasteiger partial charge is 0.495 e. The van der Waals surface area contributed by atoms with Crippen LogP contribution >= 0.6 is 0 Å². The Morgan fingerprint density at radius 3 is 2.59 bits per heavy atom. The van der Waals surface area contributed by atoms with Crippen molar-refractivity contribution in [1.29, 1.82) is 5.41 Å². The minimum atomic E-state index is 0.421. The van der Waals surface area contributed by atoms with E-state index in [1.54, 1.807) is 7.11 Å². The average Bonchev–Trinajstić information content (AvgIpc) is 2.90. The molecule has 0 bridgehead atoms. The van der Waals surface area contributed by atoms with Crippen LogP contribution in [0.4, 0.5) is 5.69 Å². The molecule has 1 saturated carbocycles. The number of rotatable bonds is 3. The lowest BCUT2D eigenvalue weighted by atomic mass is 10.1. The summed E-state index contributed by atoms with van der Waals surface area (Å²) in [6, 6.07) is 7.88. The van der Waals surface area contributed by atoms with E-state index in [9.17, 15) is 0 Å². The molecule has 0 radical (unpaired) electrons. The number of para-hydroxylation sites is 2. The van der Waals surface area contributed by atoms with E-state index >= 15 is 0 Å². The number of nitrogens with zero attached hydrogens (tertiary/aromatic N) is 1. The molecule has 1 aliphatic rings. The molecule has 1 aromatic rings. The number of amidine groups is 1. The first kappa shape index (κ1) is 12.0. The van der Waals surface area contributed by atoms with E-state index in [1.165, 1.54) is 12.8 Å². The number of hydrogen-bond donors (Lipinski definition) is 1. The summed E-state index contributed by atoms with van der Waals surface area (Å²) in [7, 11) is 3.63. The quantitative estimate of drug-likeness (QED) is 0.641. The number of ether oxygens (including phenoxy) is 1. The highest BCUT2D eigenvalue weighted by molar-refractivity contribution is 5.98. The van der Waals surface area contributed by atoms with Crippen molar-refractivity contribution in [3.05, 3.63) is 24.3 Å². The normalized spacial score (nSPS) is 15.9. The first-order valence-electron chi connectivity index (χ1n) is 6.19. The van der Waals surface area contributed by atoms with E-state index in [2.05, 4.69) is 0 Å². The van der Waals surface area contributed by atoms with Crippen molar-refractivity contribution in [2.45, 2.75) is 25.7 Å². The van der Waals surface area contributed by atoms with Crippen LogP contribution in [0.15, 0.2) is 24.3 Å². The zero-order valence-corrected chi connectivity index (χ0v) is 10.6. The molecule has 0 spiro atoms. The van der Waals surface area contributed by atoms with Gasteiger partial charge in [-0.1, -0.05) is 25.0 Å². The third-order valence-electron chi connectivity index (χ3n) is 3.55. The fraction of sp³-hybridized carbons (Fsp3) is 0.500. The highest BCUT2D eigenvalue weighted by Crippen LogP contribution is 2.31. The molecule has 0 saturated heterocycles. The van der Waals surface area contributed by atoms with Crippen molar-refractivity contribution >= 4 is 11.5 Å². The highest BCUT2D eigenvalue weighted by Gasteiger charge is 2.23. The van der Waals surface area contributed by atoms with Crippen LogP contribution in [0.5, 0.6) is 5.75 Å². The van der Waals surface area contributed by atoms with Gasteiger partial charge in [0.15, 0.2) is 0 Å². The zero-order valence-electron chi connectivity index (χ0n) is 10.6. The summed E-state index contributed by atoms with van der Waals surface area (Å²) in [4.78, 5) is 1.95. The molecule has 2 rings (SSSR count). The van der Waals surface area contributed by atoms with Crippen LogP contribution < -0.4 is 9.64 Å². The van der Waals surface area contributed by atoms with Crippen LogP contribution in [0.1, 0.15) is 25.7 Å². The predicted molar refractivity (Wildman–Crippen MR) is 71.1 cm³/mol. The molecule has 3 nitrogen and oxygen atoms in total. The molecule has 1 aromatic carbocycles. The Balaban J connectivity index is 2.17. The third-order valence-corrected chi connectivity index (χ3v) is 3.55. The maximum Gasteiger partial charge on any atom is 0.142 e. The summed E-state index contributed by atoms with van der Waals surface area (Å²) in [5, 5.41) is 8.27. The molecule has 0 unspecified atom stereocenters. The maximum atomic E-state index is 8.27. The van der Waals surface area contributed by atoms with Crippen LogP contribution in [0, 0.1) is 11.3 Å². The second kappa shape index (κ2) is 5.21. The average molecular weight is 232 g/mol. The van der Waals surface area contributed by atoms with Gasteiger partial charge in [-0.2, -0.15) is 0 Å². The zero-order chi connectivity index (χ0) is 12.3. The van der Waals surface area contributed by atoms with Gasteiger partial charge in [-0.25, -0.2) is 0 Å². The molecule has 92 valence electrons. The van der Waals surface area contributed by atoms with Crippen molar-refractivity contribution in [3.8, 4) is 5.75 Å². The molecule has 1 N–H and O–H groups in total. The van der Waals surface area contributed by atoms with Crippen LogP contribution in [0.25, 0.3) is 0 Å². The first-order chi connectivity index (χ1) is 8.24. The lowest BCUT2D eigenvalue weighted by Crippen LogP contribution is -2.31. The summed E-state index contributed by atoms with van der Waals surface area (Å²) >= 11 is 0. The van der Waals surface area contributed by atoms with Gasteiger partial charge in [0.05, 0.1) is 12.8 Å². The van der Waals surface area contributed by atoms with Gasteiger partial charge >= 0.3 is 0 Å².